The lowest BCUT2D eigenvalue weighted by molar-refractivity contribution is -0.384. The van der Waals surface area contributed by atoms with E-state index in [1.54, 1.807) is 6.07 Å². The first-order valence-corrected chi connectivity index (χ1v) is 6.28. The third-order valence-electron chi connectivity index (χ3n) is 3.78. The molecular weight excluding hydrogens is 264 g/mol. The summed E-state index contributed by atoms with van der Waals surface area (Å²) in [5, 5.41) is 23.1. The van der Waals surface area contributed by atoms with E-state index in [1.807, 2.05) is 0 Å². The van der Waals surface area contributed by atoms with Crippen LogP contribution in [0.3, 0.4) is 0 Å². The highest BCUT2D eigenvalue weighted by atomic mass is 16.6. The fourth-order valence-corrected chi connectivity index (χ4v) is 2.27. The van der Waals surface area contributed by atoms with Crippen molar-refractivity contribution in [2.24, 2.45) is 5.41 Å². The first-order chi connectivity index (χ1) is 9.48. The number of aliphatic carboxylic acids is 1. The van der Waals surface area contributed by atoms with Crippen LogP contribution in [-0.4, -0.2) is 29.7 Å². The van der Waals surface area contributed by atoms with Crippen LogP contribution in [0.1, 0.15) is 19.3 Å². The normalized spacial score (nSPS) is 16.1. The molecule has 1 fully saturated rings. The fraction of sp³-hybridized carbons (Fsp3) is 0.462. The van der Waals surface area contributed by atoms with Gasteiger partial charge in [0.2, 0.25) is 0 Å². The zero-order valence-corrected chi connectivity index (χ0v) is 11.1. The van der Waals surface area contributed by atoms with E-state index in [9.17, 15) is 20.0 Å². The minimum atomic E-state index is -0.854. The van der Waals surface area contributed by atoms with Crippen molar-refractivity contribution < 1.29 is 19.6 Å². The first-order valence-electron chi connectivity index (χ1n) is 6.28. The summed E-state index contributed by atoms with van der Waals surface area (Å²) in [4.78, 5) is 21.8. The first kappa shape index (κ1) is 14.1. The molecule has 0 aliphatic heterocycles. The zero-order valence-electron chi connectivity index (χ0n) is 11.1. The van der Waals surface area contributed by atoms with Gasteiger partial charge in [0.25, 0.3) is 5.69 Å². The number of ether oxygens (including phenoxy) is 1. The summed E-state index contributed by atoms with van der Waals surface area (Å²) < 4.78 is 4.95. The predicted octanol–water partition coefficient (Wildman–Crippen LogP) is 2.27. The topological polar surface area (TPSA) is 102 Å². The van der Waals surface area contributed by atoms with E-state index in [4.69, 9.17) is 4.74 Å². The van der Waals surface area contributed by atoms with Crippen LogP contribution in [0.15, 0.2) is 18.2 Å². The smallest absolute Gasteiger partial charge is 0.311 e. The van der Waals surface area contributed by atoms with Gasteiger partial charge in [0, 0.05) is 6.54 Å². The van der Waals surface area contributed by atoms with Crippen molar-refractivity contribution in [2.75, 3.05) is 19.0 Å². The molecule has 0 unspecified atom stereocenters. The van der Waals surface area contributed by atoms with Crippen molar-refractivity contribution >= 4 is 17.3 Å². The Morgan fingerprint density at radius 3 is 2.70 bits per heavy atom. The molecule has 108 valence electrons. The van der Waals surface area contributed by atoms with Crippen molar-refractivity contribution in [3.05, 3.63) is 28.3 Å². The number of carboxylic acids is 1. The second-order valence-corrected chi connectivity index (χ2v) is 4.93. The minimum absolute atomic E-state index is 0.121. The van der Waals surface area contributed by atoms with Gasteiger partial charge < -0.3 is 15.2 Å². The molecule has 1 saturated carbocycles. The van der Waals surface area contributed by atoms with Crippen LogP contribution in [0.2, 0.25) is 0 Å². The second-order valence-electron chi connectivity index (χ2n) is 4.93. The van der Waals surface area contributed by atoms with E-state index in [0.29, 0.717) is 24.3 Å². The molecule has 7 heteroatoms. The number of hydrogen-bond donors (Lipinski definition) is 2. The van der Waals surface area contributed by atoms with Gasteiger partial charge in [-0.1, -0.05) is 6.42 Å². The van der Waals surface area contributed by atoms with Gasteiger partial charge in [-0.15, -0.1) is 0 Å². The maximum absolute atomic E-state index is 11.3. The molecule has 20 heavy (non-hydrogen) atoms. The fourth-order valence-electron chi connectivity index (χ4n) is 2.27. The summed E-state index contributed by atoms with van der Waals surface area (Å²) in [6, 6.07) is 4.45. The molecule has 1 aromatic carbocycles. The number of rotatable bonds is 6. The number of nitrogens with zero attached hydrogens (tertiary/aromatic N) is 1. The van der Waals surface area contributed by atoms with Crippen LogP contribution in [0.25, 0.3) is 0 Å². The highest BCUT2D eigenvalue weighted by Gasteiger charge is 2.44. The molecule has 0 saturated heterocycles. The third-order valence-corrected chi connectivity index (χ3v) is 3.78. The Bertz CT molecular complexity index is 540. The van der Waals surface area contributed by atoms with Gasteiger partial charge >= 0.3 is 5.97 Å². The number of methoxy groups -OCH3 is 1. The number of benzene rings is 1. The number of carboxylic acid groups (broad SMARTS) is 1. The monoisotopic (exact) mass is 280 g/mol. The van der Waals surface area contributed by atoms with E-state index < -0.39 is 16.3 Å². The Morgan fingerprint density at radius 2 is 2.25 bits per heavy atom. The van der Waals surface area contributed by atoms with Gasteiger partial charge in [-0.25, -0.2) is 0 Å². The zero-order chi connectivity index (χ0) is 14.8. The summed E-state index contributed by atoms with van der Waals surface area (Å²) in [7, 11) is 1.43. The molecule has 1 aromatic rings. The minimum Gasteiger partial charge on any atom is -0.496 e. The Morgan fingerprint density at radius 1 is 1.55 bits per heavy atom. The number of anilines is 1. The van der Waals surface area contributed by atoms with Crippen molar-refractivity contribution in [3.63, 3.8) is 0 Å². The largest absolute Gasteiger partial charge is 0.496 e. The van der Waals surface area contributed by atoms with E-state index in [2.05, 4.69) is 5.32 Å². The quantitative estimate of drug-likeness (QED) is 0.612. The van der Waals surface area contributed by atoms with E-state index in [-0.39, 0.29) is 12.2 Å². The molecule has 1 aliphatic rings. The van der Waals surface area contributed by atoms with Crippen molar-refractivity contribution in [1.29, 1.82) is 0 Å². The van der Waals surface area contributed by atoms with E-state index >= 15 is 0 Å². The molecule has 0 heterocycles. The van der Waals surface area contributed by atoms with Gasteiger partial charge in [-0.2, -0.15) is 0 Å². The molecule has 0 aromatic heterocycles. The standard InChI is InChI=1S/C13H16N2O5/c1-20-9-3-4-10(11(7-9)15(18)19)14-8-13(12(16)17)5-2-6-13/h3-4,7,14H,2,5-6,8H2,1H3,(H,16,17). The maximum atomic E-state index is 11.3. The van der Waals surface area contributed by atoms with Gasteiger partial charge in [0.15, 0.2) is 0 Å². The summed E-state index contributed by atoms with van der Waals surface area (Å²) in [6.07, 6.45) is 2.07. The number of nitro benzene ring substituents is 1. The molecular formula is C13H16N2O5. The molecule has 0 amide bonds. The summed E-state index contributed by atoms with van der Waals surface area (Å²) in [6.45, 7) is 0.190. The second kappa shape index (κ2) is 5.36. The van der Waals surface area contributed by atoms with E-state index in [1.165, 1.54) is 19.2 Å². The average molecular weight is 280 g/mol. The van der Waals surface area contributed by atoms with Gasteiger partial charge in [0.1, 0.15) is 11.4 Å². The molecule has 7 nitrogen and oxygen atoms in total. The Labute approximate surface area is 115 Å². The van der Waals surface area contributed by atoms with Gasteiger partial charge in [0.05, 0.1) is 23.5 Å². The molecule has 1 aliphatic carbocycles. The maximum Gasteiger partial charge on any atom is 0.311 e. The van der Waals surface area contributed by atoms with Crippen LogP contribution < -0.4 is 10.1 Å². The summed E-state index contributed by atoms with van der Waals surface area (Å²) in [5.41, 5.74) is -0.610. The Balaban J connectivity index is 2.17. The highest BCUT2D eigenvalue weighted by molar-refractivity contribution is 5.77. The summed E-state index contributed by atoms with van der Waals surface area (Å²) in [5.74, 6) is -0.466. The van der Waals surface area contributed by atoms with Crippen molar-refractivity contribution in [1.82, 2.24) is 0 Å². The molecule has 2 rings (SSSR count). The lowest BCUT2D eigenvalue weighted by atomic mass is 9.69. The number of nitro groups is 1. The Hall–Kier alpha value is -2.31. The van der Waals surface area contributed by atoms with Crippen LogP contribution in [-0.2, 0) is 4.79 Å². The lowest BCUT2D eigenvalue weighted by Crippen LogP contribution is -2.43. The SMILES string of the molecule is COc1ccc(NCC2(C(=O)O)CCC2)c([N+](=O)[O-])c1. The molecule has 0 radical (unpaired) electrons. The lowest BCUT2D eigenvalue weighted by Gasteiger charge is -2.37. The van der Waals surface area contributed by atoms with Crippen LogP contribution >= 0.6 is 0 Å². The number of nitrogens with one attached hydrogen (secondary N) is 1. The predicted molar refractivity (Wildman–Crippen MR) is 72.1 cm³/mol. The molecule has 0 bridgehead atoms. The van der Waals surface area contributed by atoms with Gasteiger partial charge in [-0.3, -0.25) is 14.9 Å². The van der Waals surface area contributed by atoms with Crippen LogP contribution in [0, 0.1) is 15.5 Å². The van der Waals surface area contributed by atoms with Crippen molar-refractivity contribution in [2.45, 2.75) is 19.3 Å². The number of hydrogen-bond acceptors (Lipinski definition) is 5. The van der Waals surface area contributed by atoms with Gasteiger partial charge in [-0.05, 0) is 25.0 Å². The van der Waals surface area contributed by atoms with Crippen LogP contribution in [0.4, 0.5) is 11.4 Å². The van der Waals surface area contributed by atoms with E-state index in [0.717, 1.165) is 6.42 Å². The van der Waals surface area contributed by atoms with Crippen molar-refractivity contribution in [3.8, 4) is 5.75 Å². The highest BCUT2D eigenvalue weighted by Crippen LogP contribution is 2.42. The van der Waals surface area contributed by atoms with Crippen LogP contribution in [0.5, 0.6) is 5.75 Å². The third kappa shape index (κ3) is 2.52. The Kier molecular flexibility index (Phi) is 3.78. The molecule has 2 N–H and O–H groups in total. The number of carbonyl (C=O) groups is 1. The molecule has 0 atom stereocenters. The average Bonchev–Trinajstić information content (AvgIpc) is 2.36. The summed E-state index contributed by atoms with van der Waals surface area (Å²) >= 11 is 0. The molecule has 0 spiro atoms.